The fraction of sp³-hybridized carbons (Fsp3) is 0.452. The number of fused-ring (bicyclic) bond motifs is 1. The number of morpholine rings is 1. The van der Waals surface area contributed by atoms with Crippen molar-refractivity contribution in [2.45, 2.75) is 45.1 Å². The molecule has 1 saturated carbocycles. The van der Waals surface area contributed by atoms with Crippen molar-refractivity contribution in [1.29, 1.82) is 0 Å². The topological polar surface area (TPSA) is 60.0 Å². The number of carbonyl (C=O) groups is 1. The van der Waals surface area contributed by atoms with Crippen molar-refractivity contribution in [3.63, 3.8) is 0 Å². The zero-order valence-electron chi connectivity index (χ0n) is 22.1. The van der Waals surface area contributed by atoms with Gasteiger partial charge in [-0.2, -0.15) is 0 Å². The molecule has 7 heteroatoms. The number of ether oxygens (including phenoxy) is 3. The van der Waals surface area contributed by atoms with Crippen LogP contribution in [-0.4, -0.2) is 56.4 Å². The zero-order chi connectivity index (χ0) is 26.3. The molecular formula is C31H37FN2O4. The van der Waals surface area contributed by atoms with Crippen LogP contribution in [0.2, 0.25) is 0 Å². The van der Waals surface area contributed by atoms with E-state index in [1.54, 1.807) is 6.07 Å². The van der Waals surface area contributed by atoms with Crippen molar-refractivity contribution in [3.05, 3.63) is 66.0 Å². The maximum absolute atomic E-state index is 14.5. The van der Waals surface area contributed by atoms with E-state index in [1.807, 2.05) is 36.4 Å². The number of hydrogen-bond donors (Lipinski definition) is 1. The van der Waals surface area contributed by atoms with E-state index < -0.39 is 5.82 Å². The molecule has 1 aliphatic carbocycles. The molecule has 38 heavy (non-hydrogen) atoms. The maximum atomic E-state index is 14.5. The first kappa shape index (κ1) is 26.4. The molecule has 3 aromatic carbocycles. The number of amides is 1. The molecule has 1 N–H and O–H groups in total. The van der Waals surface area contributed by atoms with Crippen LogP contribution in [-0.2, 0) is 4.74 Å². The fourth-order valence-corrected chi connectivity index (χ4v) is 5.42. The van der Waals surface area contributed by atoms with E-state index in [0.29, 0.717) is 18.0 Å². The van der Waals surface area contributed by atoms with Gasteiger partial charge in [-0.25, -0.2) is 4.39 Å². The van der Waals surface area contributed by atoms with Crippen molar-refractivity contribution in [2.24, 2.45) is 5.92 Å². The Labute approximate surface area is 224 Å². The number of benzene rings is 3. The zero-order valence-corrected chi connectivity index (χ0v) is 22.1. The molecule has 1 heterocycles. The second-order valence-electron chi connectivity index (χ2n) is 10.3. The molecule has 6 nitrogen and oxygen atoms in total. The van der Waals surface area contributed by atoms with Gasteiger partial charge in [-0.1, -0.05) is 37.6 Å². The molecule has 2 fully saturated rings. The molecule has 0 atom stereocenters. The van der Waals surface area contributed by atoms with Gasteiger partial charge in [0.1, 0.15) is 23.9 Å². The molecule has 0 spiro atoms. The molecule has 1 amide bonds. The van der Waals surface area contributed by atoms with E-state index in [1.165, 1.54) is 18.6 Å². The Morgan fingerprint density at radius 2 is 1.79 bits per heavy atom. The van der Waals surface area contributed by atoms with Gasteiger partial charge >= 0.3 is 0 Å². The van der Waals surface area contributed by atoms with Gasteiger partial charge < -0.3 is 19.5 Å². The summed E-state index contributed by atoms with van der Waals surface area (Å²) in [5, 5.41) is 4.75. The lowest BCUT2D eigenvalue weighted by Gasteiger charge is -2.28. The smallest absolute Gasteiger partial charge is 0.255 e. The van der Waals surface area contributed by atoms with E-state index in [9.17, 15) is 9.18 Å². The second-order valence-corrected chi connectivity index (χ2v) is 10.3. The number of anilines is 1. The minimum atomic E-state index is -0.483. The van der Waals surface area contributed by atoms with Crippen molar-refractivity contribution in [3.8, 4) is 11.5 Å². The van der Waals surface area contributed by atoms with E-state index in [0.717, 1.165) is 81.0 Å². The third-order valence-corrected chi connectivity index (χ3v) is 7.71. The van der Waals surface area contributed by atoms with Crippen LogP contribution in [0.4, 0.5) is 10.1 Å². The number of nitrogens with one attached hydrogen (secondary N) is 1. The summed E-state index contributed by atoms with van der Waals surface area (Å²) in [7, 11) is 0. The van der Waals surface area contributed by atoms with Crippen LogP contribution in [0.1, 0.15) is 49.4 Å². The first-order valence-electron chi connectivity index (χ1n) is 13.8. The van der Waals surface area contributed by atoms with Gasteiger partial charge in [0.15, 0.2) is 0 Å². The quantitative estimate of drug-likeness (QED) is 0.359. The maximum Gasteiger partial charge on any atom is 0.255 e. The summed E-state index contributed by atoms with van der Waals surface area (Å²) in [6, 6.07) is 15.8. The largest absolute Gasteiger partial charge is 0.492 e. The molecule has 2 aliphatic rings. The Balaban J connectivity index is 1.26. The van der Waals surface area contributed by atoms with Gasteiger partial charge in [-0.3, -0.25) is 9.69 Å². The molecule has 202 valence electrons. The van der Waals surface area contributed by atoms with Gasteiger partial charge in [0, 0.05) is 47.7 Å². The Kier molecular flexibility index (Phi) is 8.76. The highest BCUT2D eigenvalue weighted by Crippen LogP contribution is 2.33. The SMILES string of the molecule is CCC1CCC(Oc2cc(F)cc(C(=O)Nc3ccc(OCCN4CCOCC4)c4ccccc34)c2)CC1. The number of nitrogens with zero attached hydrogens (tertiary/aromatic N) is 1. The van der Waals surface area contributed by atoms with E-state index in [2.05, 4.69) is 17.1 Å². The lowest BCUT2D eigenvalue weighted by molar-refractivity contribution is 0.0323. The van der Waals surface area contributed by atoms with E-state index in [-0.39, 0.29) is 17.6 Å². The highest BCUT2D eigenvalue weighted by Gasteiger charge is 2.22. The van der Waals surface area contributed by atoms with Gasteiger partial charge in [-0.15, -0.1) is 0 Å². The number of halogens is 1. The van der Waals surface area contributed by atoms with Crippen LogP contribution in [0.3, 0.4) is 0 Å². The van der Waals surface area contributed by atoms with E-state index >= 15 is 0 Å². The predicted octanol–water partition coefficient (Wildman–Crippen LogP) is 6.29. The molecular weight excluding hydrogens is 483 g/mol. The van der Waals surface area contributed by atoms with Crippen LogP contribution in [0, 0.1) is 11.7 Å². The predicted molar refractivity (Wildman–Crippen MR) is 148 cm³/mol. The van der Waals surface area contributed by atoms with Crippen LogP contribution >= 0.6 is 0 Å². The molecule has 0 unspecified atom stereocenters. The summed E-state index contributed by atoms with van der Waals surface area (Å²) in [5.41, 5.74) is 0.882. The first-order chi connectivity index (χ1) is 18.6. The molecule has 0 aromatic heterocycles. The average molecular weight is 521 g/mol. The van der Waals surface area contributed by atoms with Crippen LogP contribution in [0.5, 0.6) is 11.5 Å². The van der Waals surface area contributed by atoms with Crippen molar-refractivity contribution in [2.75, 3.05) is 44.8 Å². The Morgan fingerprint density at radius 3 is 2.55 bits per heavy atom. The summed E-state index contributed by atoms with van der Waals surface area (Å²) < 4.78 is 32.1. The Bertz CT molecular complexity index is 1240. The summed E-state index contributed by atoms with van der Waals surface area (Å²) in [5.74, 6) is 1.06. The lowest BCUT2D eigenvalue weighted by Crippen LogP contribution is -2.38. The minimum Gasteiger partial charge on any atom is -0.492 e. The highest BCUT2D eigenvalue weighted by atomic mass is 19.1. The van der Waals surface area contributed by atoms with Crippen LogP contribution < -0.4 is 14.8 Å². The van der Waals surface area contributed by atoms with Gasteiger partial charge in [0.05, 0.1) is 19.3 Å². The third-order valence-electron chi connectivity index (χ3n) is 7.71. The number of hydrogen-bond acceptors (Lipinski definition) is 5. The number of carbonyl (C=O) groups excluding carboxylic acids is 1. The third kappa shape index (κ3) is 6.63. The van der Waals surface area contributed by atoms with Gasteiger partial charge in [0.25, 0.3) is 5.91 Å². The monoisotopic (exact) mass is 520 g/mol. The average Bonchev–Trinajstić information content (AvgIpc) is 2.95. The summed E-state index contributed by atoms with van der Waals surface area (Å²) in [6.45, 7) is 6.98. The second kappa shape index (κ2) is 12.6. The molecule has 5 rings (SSSR count). The van der Waals surface area contributed by atoms with Gasteiger partial charge in [0.2, 0.25) is 0 Å². The highest BCUT2D eigenvalue weighted by molar-refractivity contribution is 6.10. The summed E-state index contributed by atoms with van der Waals surface area (Å²) in [6.07, 6.45) is 5.43. The molecule has 3 aromatic rings. The van der Waals surface area contributed by atoms with Crippen molar-refractivity contribution >= 4 is 22.4 Å². The lowest BCUT2D eigenvalue weighted by atomic mass is 9.86. The molecule has 0 radical (unpaired) electrons. The Hall–Kier alpha value is -3.16. The van der Waals surface area contributed by atoms with Crippen LogP contribution in [0.25, 0.3) is 10.8 Å². The standard InChI is InChI=1S/C31H37FN2O4/c1-2-22-7-9-25(10-8-22)38-26-20-23(19-24(32)21-26)31(35)33-29-11-12-30(28-6-4-3-5-27(28)29)37-18-15-34-13-16-36-17-14-34/h3-6,11-12,19-22,25H,2,7-10,13-18H2,1H3,(H,33,35). The van der Waals surface area contributed by atoms with Crippen molar-refractivity contribution < 1.29 is 23.4 Å². The Morgan fingerprint density at radius 1 is 1.03 bits per heavy atom. The van der Waals surface area contributed by atoms with E-state index in [4.69, 9.17) is 14.2 Å². The van der Waals surface area contributed by atoms with Crippen molar-refractivity contribution in [1.82, 2.24) is 4.90 Å². The molecule has 0 bridgehead atoms. The first-order valence-corrected chi connectivity index (χ1v) is 13.8. The summed E-state index contributed by atoms with van der Waals surface area (Å²) in [4.78, 5) is 15.5. The van der Waals surface area contributed by atoms with Crippen LogP contribution in [0.15, 0.2) is 54.6 Å². The normalized spacial score (nSPS) is 20.3. The molecule has 1 aliphatic heterocycles. The van der Waals surface area contributed by atoms with Gasteiger partial charge in [-0.05, 0) is 55.9 Å². The summed E-state index contributed by atoms with van der Waals surface area (Å²) >= 11 is 0. The molecule has 1 saturated heterocycles. The minimum absolute atomic E-state index is 0.0650. The fourth-order valence-electron chi connectivity index (χ4n) is 5.42. The number of rotatable bonds is 9.